The van der Waals surface area contributed by atoms with Gasteiger partial charge in [-0.3, -0.25) is 14.6 Å². The van der Waals surface area contributed by atoms with Gasteiger partial charge in [-0.25, -0.2) is 9.18 Å². The molecule has 1 saturated carbocycles. The number of imide groups is 1. The summed E-state index contributed by atoms with van der Waals surface area (Å²) in [4.78, 5) is 34.0. The van der Waals surface area contributed by atoms with Crippen LogP contribution in [-0.2, 0) is 11.2 Å². The number of phenolic OH excluding ortho intramolecular Hbond substituents is 1. The highest BCUT2D eigenvalue weighted by molar-refractivity contribution is 6.08. The second-order valence-electron chi connectivity index (χ2n) is 10.5. The zero-order valence-electron chi connectivity index (χ0n) is 21.0. The van der Waals surface area contributed by atoms with E-state index in [2.05, 4.69) is 10.3 Å². The third-order valence-corrected chi connectivity index (χ3v) is 8.23. The van der Waals surface area contributed by atoms with E-state index in [0.29, 0.717) is 46.7 Å². The molecule has 0 radical (unpaired) electrons. The van der Waals surface area contributed by atoms with Crippen LogP contribution in [-0.4, -0.2) is 63.6 Å². The number of carbonyl (C=O) groups excluding carboxylic acids is 2. The molecule has 1 saturated heterocycles. The van der Waals surface area contributed by atoms with Crippen molar-refractivity contribution >= 4 is 22.8 Å². The van der Waals surface area contributed by atoms with Crippen molar-refractivity contribution in [1.82, 2.24) is 20.1 Å². The van der Waals surface area contributed by atoms with Gasteiger partial charge in [0.2, 0.25) is 0 Å². The standard InChI is InChI=1S/C28H31FN4O4/c1-28-15-19-22-20(10-11-21(37-2)23(22)29)31-24(19)25(16-6-3-9-18(34)14-16)33(28)27(36)32(26(28)35)13-5-12-30-17-7-4-8-17/h3,6,9-11,14,17,25,30-31,34H,4-5,7-8,12-13,15H2,1-2H3/t25-,28+/m1/s1. The molecule has 37 heavy (non-hydrogen) atoms. The van der Waals surface area contributed by atoms with Crippen LogP contribution in [0.3, 0.4) is 0 Å². The van der Waals surface area contributed by atoms with Crippen LogP contribution in [0.5, 0.6) is 11.5 Å². The maximum absolute atomic E-state index is 15.5. The van der Waals surface area contributed by atoms with Crippen molar-refractivity contribution in [2.45, 2.75) is 56.7 Å². The fourth-order valence-electron chi connectivity index (χ4n) is 6.10. The van der Waals surface area contributed by atoms with Gasteiger partial charge in [-0.05, 0) is 68.1 Å². The van der Waals surface area contributed by atoms with E-state index in [9.17, 15) is 14.7 Å². The van der Waals surface area contributed by atoms with Gasteiger partial charge in [-0.2, -0.15) is 0 Å². The van der Waals surface area contributed by atoms with E-state index in [-0.39, 0.29) is 29.9 Å². The lowest BCUT2D eigenvalue weighted by Crippen LogP contribution is -2.53. The van der Waals surface area contributed by atoms with Crippen LogP contribution < -0.4 is 10.1 Å². The summed E-state index contributed by atoms with van der Waals surface area (Å²) in [5.74, 6) is -0.619. The highest BCUT2D eigenvalue weighted by Crippen LogP contribution is 2.49. The Balaban J connectivity index is 1.43. The number of aromatic nitrogens is 1. The Morgan fingerprint density at radius 3 is 2.76 bits per heavy atom. The van der Waals surface area contributed by atoms with Gasteiger partial charge in [0.05, 0.1) is 7.11 Å². The molecule has 9 heteroatoms. The second kappa shape index (κ2) is 8.76. The Morgan fingerprint density at radius 2 is 2.05 bits per heavy atom. The van der Waals surface area contributed by atoms with Crippen LogP contribution in [0.25, 0.3) is 10.9 Å². The lowest BCUT2D eigenvalue weighted by molar-refractivity contribution is -0.133. The Labute approximate surface area is 214 Å². The van der Waals surface area contributed by atoms with Gasteiger partial charge in [0.25, 0.3) is 5.91 Å². The summed E-state index contributed by atoms with van der Waals surface area (Å²) in [6, 6.07) is 9.43. The van der Waals surface area contributed by atoms with Gasteiger partial charge in [-0.1, -0.05) is 18.6 Å². The van der Waals surface area contributed by atoms with E-state index in [4.69, 9.17) is 4.74 Å². The van der Waals surface area contributed by atoms with Crippen LogP contribution in [0.1, 0.15) is 55.5 Å². The van der Waals surface area contributed by atoms with Gasteiger partial charge in [0.1, 0.15) is 17.3 Å². The normalized spacial score (nSPS) is 23.4. The lowest BCUT2D eigenvalue weighted by Gasteiger charge is -2.42. The second-order valence-corrected chi connectivity index (χ2v) is 10.5. The Kier molecular flexibility index (Phi) is 5.63. The van der Waals surface area contributed by atoms with Gasteiger partial charge in [0.15, 0.2) is 11.6 Å². The number of hydrogen-bond acceptors (Lipinski definition) is 5. The summed E-state index contributed by atoms with van der Waals surface area (Å²) in [6.45, 7) is 2.81. The number of carbonyl (C=O) groups is 2. The molecule has 1 aromatic heterocycles. The Bertz CT molecular complexity index is 1400. The SMILES string of the molecule is COc1ccc2[nH]c3c(c2c1F)C[C@@]1(C)C(=O)N(CCCNC2CCC2)C(=O)N1[C@@H]3c1cccc(O)c1. The molecule has 3 heterocycles. The number of aromatic hydroxyl groups is 1. The van der Waals surface area contributed by atoms with E-state index in [1.165, 1.54) is 31.3 Å². The minimum absolute atomic E-state index is 0.0483. The number of halogens is 1. The van der Waals surface area contributed by atoms with E-state index in [1.54, 1.807) is 42.2 Å². The predicted octanol–water partition coefficient (Wildman–Crippen LogP) is 4.22. The maximum Gasteiger partial charge on any atom is 0.328 e. The molecule has 6 rings (SSSR count). The van der Waals surface area contributed by atoms with Crippen molar-refractivity contribution in [3.05, 3.63) is 59.0 Å². The number of H-pyrrole nitrogens is 1. The molecule has 194 valence electrons. The molecule has 2 aromatic carbocycles. The zero-order chi connectivity index (χ0) is 25.9. The first kappa shape index (κ1) is 23.8. The zero-order valence-corrected chi connectivity index (χ0v) is 21.0. The highest BCUT2D eigenvalue weighted by Gasteiger charge is 2.60. The molecule has 2 atom stereocenters. The number of aromatic amines is 1. The van der Waals surface area contributed by atoms with Crippen molar-refractivity contribution < 1.29 is 23.8 Å². The summed E-state index contributed by atoms with van der Waals surface area (Å²) in [6.07, 6.45) is 4.42. The highest BCUT2D eigenvalue weighted by atomic mass is 19.1. The lowest BCUT2D eigenvalue weighted by atomic mass is 9.81. The van der Waals surface area contributed by atoms with E-state index >= 15 is 4.39 Å². The van der Waals surface area contributed by atoms with E-state index < -0.39 is 17.4 Å². The summed E-state index contributed by atoms with van der Waals surface area (Å²) in [5, 5.41) is 14.1. The number of hydrogen-bond donors (Lipinski definition) is 3. The molecule has 0 unspecified atom stereocenters. The summed E-state index contributed by atoms with van der Waals surface area (Å²) in [5.41, 5.74) is 1.29. The molecule has 1 aliphatic carbocycles. The Morgan fingerprint density at radius 1 is 1.24 bits per heavy atom. The van der Waals surface area contributed by atoms with Gasteiger partial charge < -0.3 is 20.1 Å². The summed E-state index contributed by atoms with van der Waals surface area (Å²) in [7, 11) is 1.42. The van der Waals surface area contributed by atoms with Crippen molar-refractivity contribution in [2.24, 2.45) is 0 Å². The van der Waals surface area contributed by atoms with Gasteiger partial charge in [-0.15, -0.1) is 0 Å². The predicted molar refractivity (Wildman–Crippen MR) is 136 cm³/mol. The molecule has 8 nitrogen and oxygen atoms in total. The fourth-order valence-corrected chi connectivity index (χ4v) is 6.10. The number of ether oxygens (including phenoxy) is 1. The van der Waals surface area contributed by atoms with E-state index in [1.807, 2.05) is 6.07 Å². The quantitative estimate of drug-likeness (QED) is 0.329. The van der Waals surface area contributed by atoms with E-state index in [0.717, 1.165) is 6.54 Å². The number of fused-ring (bicyclic) bond motifs is 4. The van der Waals surface area contributed by atoms with Gasteiger partial charge >= 0.3 is 6.03 Å². The van der Waals surface area contributed by atoms with Crippen molar-refractivity contribution in [2.75, 3.05) is 20.2 Å². The van der Waals surface area contributed by atoms with Crippen LogP contribution in [0.4, 0.5) is 9.18 Å². The van der Waals surface area contributed by atoms with Crippen molar-refractivity contribution in [1.29, 1.82) is 0 Å². The first-order valence-corrected chi connectivity index (χ1v) is 12.9. The number of rotatable bonds is 7. The van der Waals surface area contributed by atoms with Gasteiger partial charge in [0, 0.05) is 35.6 Å². The molecule has 0 spiro atoms. The number of urea groups is 1. The number of nitrogens with zero attached hydrogens (tertiary/aromatic N) is 2. The number of benzene rings is 2. The molecule has 3 amide bonds. The molecule has 2 aliphatic heterocycles. The molecular weight excluding hydrogens is 475 g/mol. The molecule has 3 aromatic rings. The van der Waals surface area contributed by atoms with Crippen molar-refractivity contribution in [3.63, 3.8) is 0 Å². The average molecular weight is 507 g/mol. The first-order chi connectivity index (χ1) is 17.8. The monoisotopic (exact) mass is 506 g/mol. The Hall–Kier alpha value is -3.59. The number of methoxy groups -OCH3 is 1. The topological polar surface area (TPSA) is 97.9 Å². The smallest absolute Gasteiger partial charge is 0.328 e. The fraction of sp³-hybridized carbons (Fsp3) is 0.429. The number of amides is 3. The van der Waals surface area contributed by atoms with Crippen LogP contribution in [0, 0.1) is 5.82 Å². The molecule has 3 N–H and O–H groups in total. The van der Waals surface area contributed by atoms with Crippen molar-refractivity contribution in [3.8, 4) is 11.5 Å². The average Bonchev–Trinajstić information content (AvgIpc) is 3.30. The summed E-state index contributed by atoms with van der Waals surface area (Å²) >= 11 is 0. The molecule has 3 aliphatic rings. The molecule has 2 fully saturated rings. The van der Waals surface area contributed by atoms with Crippen LogP contribution in [0.2, 0.25) is 0 Å². The first-order valence-electron chi connectivity index (χ1n) is 12.9. The minimum Gasteiger partial charge on any atom is -0.508 e. The number of nitrogens with one attached hydrogen (secondary N) is 2. The van der Waals surface area contributed by atoms with Crippen LogP contribution >= 0.6 is 0 Å². The maximum atomic E-state index is 15.5. The molecule has 0 bridgehead atoms. The summed E-state index contributed by atoms with van der Waals surface area (Å²) < 4.78 is 20.8. The third-order valence-electron chi connectivity index (χ3n) is 8.23. The third kappa shape index (κ3) is 3.59. The largest absolute Gasteiger partial charge is 0.508 e. The van der Waals surface area contributed by atoms with Crippen LogP contribution in [0.15, 0.2) is 36.4 Å². The minimum atomic E-state index is -1.20. The molecular formula is C28H31FN4O4. The number of phenols is 1.